The van der Waals surface area contributed by atoms with Crippen LogP contribution >= 0.6 is 11.3 Å². The van der Waals surface area contributed by atoms with Gasteiger partial charge in [-0.1, -0.05) is 5.16 Å². The summed E-state index contributed by atoms with van der Waals surface area (Å²) in [5, 5.41) is 13.5. The fraction of sp³-hybridized carbons (Fsp3) is 0.571. The second-order valence-corrected chi connectivity index (χ2v) is 5.84. The van der Waals surface area contributed by atoms with Crippen LogP contribution in [0.1, 0.15) is 29.3 Å². The van der Waals surface area contributed by atoms with Crippen molar-refractivity contribution in [3.63, 3.8) is 0 Å². The molecule has 2 N–H and O–H groups in total. The largest absolute Gasteiger partial charge is 0.357 e. The van der Waals surface area contributed by atoms with Crippen LogP contribution in [0.25, 0.3) is 0 Å². The van der Waals surface area contributed by atoms with Crippen molar-refractivity contribution in [2.75, 3.05) is 19.6 Å². The van der Waals surface area contributed by atoms with Crippen molar-refractivity contribution in [3.8, 4) is 0 Å². The van der Waals surface area contributed by atoms with Crippen LogP contribution in [0, 0.1) is 13.8 Å². The van der Waals surface area contributed by atoms with Crippen LogP contribution in [0.2, 0.25) is 0 Å². The quantitative estimate of drug-likeness (QED) is 0.593. The Balaban J connectivity index is 1.76. The lowest BCUT2D eigenvalue weighted by Gasteiger charge is -2.10. The highest BCUT2D eigenvalue weighted by Crippen LogP contribution is 2.07. The van der Waals surface area contributed by atoms with E-state index in [-0.39, 0.29) is 0 Å². The number of nitrogens with one attached hydrogen (secondary N) is 2. The molecule has 2 aromatic rings. The number of aryl methyl sites for hydroxylation is 2. The van der Waals surface area contributed by atoms with Gasteiger partial charge in [-0.2, -0.15) is 4.98 Å². The van der Waals surface area contributed by atoms with Crippen LogP contribution in [-0.2, 0) is 12.8 Å². The van der Waals surface area contributed by atoms with Gasteiger partial charge in [0.25, 0.3) is 0 Å². The van der Waals surface area contributed by atoms with Gasteiger partial charge in [0.1, 0.15) is 0 Å². The number of nitrogens with zero attached hydrogens (tertiary/aromatic N) is 4. The van der Waals surface area contributed by atoms with E-state index in [1.165, 1.54) is 0 Å². The summed E-state index contributed by atoms with van der Waals surface area (Å²) in [5.41, 5.74) is 1.12. The summed E-state index contributed by atoms with van der Waals surface area (Å²) < 4.78 is 5.07. The number of thiazole rings is 1. The molecule has 0 bridgehead atoms. The van der Waals surface area contributed by atoms with Gasteiger partial charge >= 0.3 is 0 Å². The Morgan fingerprint density at radius 2 is 2.14 bits per heavy atom. The molecule has 22 heavy (non-hydrogen) atoms. The van der Waals surface area contributed by atoms with Gasteiger partial charge in [0.15, 0.2) is 11.8 Å². The molecule has 0 aliphatic carbocycles. The molecule has 0 saturated carbocycles. The van der Waals surface area contributed by atoms with E-state index >= 15 is 0 Å². The van der Waals surface area contributed by atoms with Crippen molar-refractivity contribution in [1.29, 1.82) is 0 Å². The Hall–Kier alpha value is -1.96. The van der Waals surface area contributed by atoms with E-state index in [0.717, 1.165) is 36.2 Å². The van der Waals surface area contributed by atoms with E-state index in [4.69, 9.17) is 4.52 Å². The maximum atomic E-state index is 5.07. The fourth-order valence-electron chi connectivity index (χ4n) is 1.88. The monoisotopic (exact) mass is 322 g/mol. The molecular weight excluding hydrogens is 300 g/mol. The van der Waals surface area contributed by atoms with Crippen LogP contribution in [0.15, 0.2) is 14.9 Å². The Labute approximate surface area is 134 Å². The molecule has 0 fully saturated rings. The minimum atomic E-state index is 0.604. The molecule has 2 aromatic heterocycles. The molecule has 8 heteroatoms. The molecule has 0 atom stereocenters. The van der Waals surface area contributed by atoms with Gasteiger partial charge in [-0.15, -0.1) is 11.3 Å². The van der Waals surface area contributed by atoms with Gasteiger partial charge in [0, 0.05) is 31.3 Å². The number of guanidine groups is 1. The lowest BCUT2D eigenvalue weighted by molar-refractivity contribution is 0.376. The number of hydrogen-bond acceptors (Lipinski definition) is 6. The maximum absolute atomic E-state index is 5.07. The average Bonchev–Trinajstić information content (AvgIpc) is 3.08. The maximum Gasteiger partial charge on any atom is 0.228 e. The van der Waals surface area contributed by atoms with Crippen LogP contribution < -0.4 is 10.6 Å². The van der Waals surface area contributed by atoms with E-state index in [9.17, 15) is 0 Å². The molecule has 2 heterocycles. The first-order valence-electron chi connectivity index (χ1n) is 7.39. The lowest BCUT2D eigenvalue weighted by Crippen LogP contribution is -2.38. The number of rotatable bonds is 7. The number of aliphatic imine (C=N–C) groups is 1. The summed E-state index contributed by atoms with van der Waals surface area (Å²) in [5.74, 6) is 2.07. The molecule has 0 spiro atoms. The molecule has 0 radical (unpaired) electrons. The van der Waals surface area contributed by atoms with E-state index < -0.39 is 0 Å². The van der Waals surface area contributed by atoms with Crippen LogP contribution in [0.3, 0.4) is 0 Å². The van der Waals surface area contributed by atoms with Gasteiger partial charge in [-0.25, -0.2) is 4.98 Å². The van der Waals surface area contributed by atoms with E-state index in [1.807, 2.05) is 20.8 Å². The molecule has 0 aliphatic heterocycles. The minimum Gasteiger partial charge on any atom is -0.357 e. The summed E-state index contributed by atoms with van der Waals surface area (Å²) in [6.45, 7) is 8.10. The molecule has 0 aliphatic rings. The van der Waals surface area contributed by atoms with Gasteiger partial charge in [-0.3, -0.25) is 4.99 Å². The van der Waals surface area contributed by atoms with Crippen molar-refractivity contribution in [2.45, 2.75) is 33.6 Å². The molecule has 0 aromatic carbocycles. The predicted molar refractivity (Wildman–Crippen MR) is 87.3 cm³/mol. The molecule has 0 amide bonds. The van der Waals surface area contributed by atoms with Crippen LogP contribution in [0.5, 0.6) is 0 Å². The lowest BCUT2D eigenvalue weighted by atomic mass is 10.3. The highest BCUT2D eigenvalue weighted by atomic mass is 32.1. The van der Waals surface area contributed by atoms with Gasteiger partial charge < -0.3 is 15.2 Å². The Kier molecular flexibility index (Phi) is 6.32. The topological polar surface area (TPSA) is 88.2 Å². The highest BCUT2D eigenvalue weighted by Gasteiger charge is 2.03. The molecular formula is C14H22N6OS. The van der Waals surface area contributed by atoms with Crippen LogP contribution in [-0.4, -0.2) is 40.7 Å². The average molecular weight is 322 g/mol. The SMILES string of the molecule is CCNC(=NCCc1nc(C)no1)NCCc1csc(C)n1. The normalized spacial score (nSPS) is 11.7. The van der Waals surface area contributed by atoms with Gasteiger partial charge in [0.2, 0.25) is 5.89 Å². The fourth-order valence-corrected chi connectivity index (χ4v) is 2.53. The summed E-state index contributed by atoms with van der Waals surface area (Å²) >= 11 is 1.68. The van der Waals surface area contributed by atoms with E-state index in [2.05, 4.69) is 36.1 Å². The first kappa shape index (κ1) is 16.4. The summed E-state index contributed by atoms with van der Waals surface area (Å²) in [6.07, 6.45) is 1.53. The zero-order valence-electron chi connectivity index (χ0n) is 13.2. The zero-order valence-corrected chi connectivity index (χ0v) is 14.0. The van der Waals surface area contributed by atoms with Crippen molar-refractivity contribution < 1.29 is 4.52 Å². The number of aromatic nitrogens is 3. The second-order valence-electron chi connectivity index (χ2n) is 4.78. The summed E-state index contributed by atoms with van der Waals surface area (Å²) in [6, 6.07) is 0. The Morgan fingerprint density at radius 1 is 1.27 bits per heavy atom. The van der Waals surface area contributed by atoms with E-state index in [0.29, 0.717) is 24.7 Å². The molecule has 2 rings (SSSR count). The Bertz CT molecular complexity index is 606. The first-order valence-corrected chi connectivity index (χ1v) is 8.27. The van der Waals surface area contributed by atoms with Crippen molar-refractivity contribution >= 4 is 17.3 Å². The second kappa shape index (κ2) is 8.47. The van der Waals surface area contributed by atoms with Crippen molar-refractivity contribution in [2.24, 2.45) is 4.99 Å². The molecule has 0 unspecified atom stereocenters. The first-order chi connectivity index (χ1) is 10.7. The predicted octanol–water partition coefficient (Wildman–Crippen LogP) is 1.48. The molecule has 0 saturated heterocycles. The minimum absolute atomic E-state index is 0.604. The van der Waals surface area contributed by atoms with Gasteiger partial charge in [-0.05, 0) is 20.8 Å². The Morgan fingerprint density at radius 3 is 2.77 bits per heavy atom. The smallest absolute Gasteiger partial charge is 0.228 e. The summed E-state index contributed by atoms with van der Waals surface area (Å²) in [4.78, 5) is 13.1. The summed E-state index contributed by atoms with van der Waals surface area (Å²) in [7, 11) is 0. The molecule has 120 valence electrons. The highest BCUT2D eigenvalue weighted by molar-refractivity contribution is 7.09. The van der Waals surface area contributed by atoms with Crippen molar-refractivity contribution in [3.05, 3.63) is 27.8 Å². The number of hydrogen-bond donors (Lipinski definition) is 2. The third-order valence-corrected chi connectivity index (χ3v) is 3.67. The third kappa shape index (κ3) is 5.44. The standard InChI is InChI=1S/C14H22N6OS/c1-4-15-14(16-7-5-12-9-22-11(3)19-12)17-8-6-13-18-10(2)20-21-13/h9H,4-8H2,1-3H3,(H2,15,16,17). The zero-order chi connectivity index (χ0) is 15.8. The molecule has 7 nitrogen and oxygen atoms in total. The van der Waals surface area contributed by atoms with Gasteiger partial charge in [0.05, 0.1) is 17.2 Å². The van der Waals surface area contributed by atoms with E-state index in [1.54, 1.807) is 11.3 Å². The third-order valence-electron chi connectivity index (χ3n) is 2.85. The van der Waals surface area contributed by atoms with Crippen LogP contribution in [0.4, 0.5) is 0 Å². The van der Waals surface area contributed by atoms with Crippen molar-refractivity contribution in [1.82, 2.24) is 25.8 Å².